The van der Waals surface area contributed by atoms with E-state index in [1.54, 1.807) is 18.2 Å². The number of rotatable bonds is 3. The normalized spacial score (nSPS) is 20.8. The third-order valence-electron chi connectivity index (χ3n) is 2.59. The SMILES string of the molecule is O=C(NC1C=CS(=O)(=O)C1)c1cccc(CCl)c1. The summed E-state index contributed by atoms with van der Waals surface area (Å²) in [6, 6.07) is 6.47. The van der Waals surface area contributed by atoms with E-state index >= 15 is 0 Å². The first-order chi connectivity index (χ1) is 8.50. The van der Waals surface area contributed by atoms with Crippen molar-refractivity contribution in [3.8, 4) is 0 Å². The molecule has 0 saturated carbocycles. The molecule has 0 bridgehead atoms. The second kappa shape index (κ2) is 5.12. The van der Waals surface area contributed by atoms with Crippen molar-refractivity contribution in [2.24, 2.45) is 0 Å². The van der Waals surface area contributed by atoms with Gasteiger partial charge in [-0.1, -0.05) is 12.1 Å². The number of carbonyl (C=O) groups excluding carboxylic acids is 1. The Bertz CT molecular complexity index is 595. The van der Waals surface area contributed by atoms with E-state index in [2.05, 4.69) is 5.32 Å². The Morgan fingerprint density at radius 1 is 1.44 bits per heavy atom. The van der Waals surface area contributed by atoms with E-state index in [1.807, 2.05) is 6.07 Å². The lowest BCUT2D eigenvalue weighted by atomic mass is 10.1. The maximum absolute atomic E-state index is 11.9. The van der Waals surface area contributed by atoms with Crippen LogP contribution in [0, 0.1) is 0 Å². The molecule has 1 atom stereocenters. The first kappa shape index (κ1) is 13.1. The molecule has 0 fully saturated rings. The minimum absolute atomic E-state index is 0.0755. The molecule has 96 valence electrons. The van der Waals surface area contributed by atoms with E-state index in [-0.39, 0.29) is 11.7 Å². The number of alkyl halides is 1. The molecule has 1 aliphatic rings. The van der Waals surface area contributed by atoms with E-state index in [0.29, 0.717) is 11.4 Å². The summed E-state index contributed by atoms with van der Waals surface area (Å²) < 4.78 is 22.4. The molecular formula is C12H12ClNO3S. The fourth-order valence-electron chi connectivity index (χ4n) is 1.71. The highest BCUT2D eigenvalue weighted by Gasteiger charge is 2.23. The highest BCUT2D eigenvalue weighted by Crippen LogP contribution is 2.11. The summed E-state index contributed by atoms with van der Waals surface area (Å²) in [7, 11) is -3.15. The molecule has 2 rings (SSSR count). The van der Waals surface area contributed by atoms with Crippen LogP contribution in [0.1, 0.15) is 15.9 Å². The van der Waals surface area contributed by atoms with E-state index in [4.69, 9.17) is 11.6 Å². The highest BCUT2D eigenvalue weighted by atomic mass is 35.5. The molecule has 1 amide bonds. The van der Waals surface area contributed by atoms with Gasteiger partial charge >= 0.3 is 0 Å². The lowest BCUT2D eigenvalue weighted by molar-refractivity contribution is 0.0947. The Labute approximate surface area is 111 Å². The van der Waals surface area contributed by atoms with Gasteiger partial charge in [0.2, 0.25) is 0 Å². The highest BCUT2D eigenvalue weighted by molar-refractivity contribution is 7.94. The molecule has 1 heterocycles. The minimum atomic E-state index is -3.15. The molecule has 0 radical (unpaired) electrons. The van der Waals surface area contributed by atoms with Crippen LogP contribution in [0.2, 0.25) is 0 Å². The van der Waals surface area contributed by atoms with E-state index in [0.717, 1.165) is 11.0 Å². The molecule has 6 heteroatoms. The van der Waals surface area contributed by atoms with Gasteiger partial charge in [-0.2, -0.15) is 0 Å². The van der Waals surface area contributed by atoms with Crippen LogP contribution in [0.15, 0.2) is 35.7 Å². The maximum Gasteiger partial charge on any atom is 0.251 e. The first-order valence-electron chi connectivity index (χ1n) is 5.37. The average molecular weight is 286 g/mol. The fraction of sp³-hybridized carbons (Fsp3) is 0.250. The minimum Gasteiger partial charge on any atom is -0.345 e. The zero-order chi connectivity index (χ0) is 13.2. The van der Waals surface area contributed by atoms with Crippen molar-refractivity contribution in [2.75, 3.05) is 5.75 Å². The van der Waals surface area contributed by atoms with Crippen LogP contribution >= 0.6 is 11.6 Å². The van der Waals surface area contributed by atoms with Crippen molar-refractivity contribution in [3.05, 3.63) is 46.9 Å². The lowest BCUT2D eigenvalue weighted by Crippen LogP contribution is -2.35. The molecule has 1 aliphatic heterocycles. The second-order valence-electron chi connectivity index (χ2n) is 4.07. The second-order valence-corrected chi connectivity index (χ2v) is 6.27. The number of sulfone groups is 1. The van der Waals surface area contributed by atoms with Crippen LogP contribution in [0.25, 0.3) is 0 Å². The van der Waals surface area contributed by atoms with Crippen molar-refractivity contribution >= 4 is 27.3 Å². The van der Waals surface area contributed by atoms with Gasteiger partial charge in [-0.05, 0) is 23.8 Å². The number of benzene rings is 1. The summed E-state index contributed by atoms with van der Waals surface area (Å²) in [6.07, 6.45) is 1.48. The van der Waals surface area contributed by atoms with Gasteiger partial charge in [0.05, 0.1) is 11.8 Å². The van der Waals surface area contributed by atoms with Gasteiger partial charge in [0.1, 0.15) is 0 Å². The summed E-state index contributed by atoms with van der Waals surface area (Å²) in [5, 5.41) is 3.79. The Balaban J connectivity index is 2.06. The van der Waals surface area contributed by atoms with Crippen molar-refractivity contribution in [3.63, 3.8) is 0 Å². The molecule has 4 nitrogen and oxygen atoms in total. The van der Waals surface area contributed by atoms with Gasteiger partial charge in [0.25, 0.3) is 5.91 Å². The van der Waals surface area contributed by atoms with Crippen molar-refractivity contribution in [1.82, 2.24) is 5.32 Å². The summed E-state index contributed by atoms with van der Waals surface area (Å²) in [5.74, 6) is -0.0408. The maximum atomic E-state index is 11.9. The predicted octanol–water partition coefficient (Wildman–Crippen LogP) is 1.47. The van der Waals surface area contributed by atoms with Crippen molar-refractivity contribution in [1.29, 1.82) is 0 Å². The molecule has 0 aromatic heterocycles. The molecule has 1 N–H and O–H groups in total. The average Bonchev–Trinajstić information content (AvgIpc) is 2.68. The Morgan fingerprint density at radius 2 is 2.22 bits per heavy atom. The molecule has 1 unspecified atom stereocenters. The third kappa shape index (κ3) is 3.11. The van der Waals surface area contributed by atoms with Gasteiger partial charge in [-0.3, -0.25) is 4.79 Å². The number of hydrogen-bond donors (Lipinski definition) is 1. The Hall–Kier alpha value is -1.33. The summed E-state index contributed by atoms with van der Waals surface area (Å²) in [5.41, 5.74) is 1.32. The smallest absolute Gasteiger partial charge is 0.251 e. The summed E-state index contributed by atoms with van der Waals surface area (Å²) >= 11 is 5.69. The van der Waals surface area contributed by atoms with Crippen molar-refractivity contribution in [2.45, 2.75) is 11.9 Å². The van der Waals surface area contributed by atoms with E-state index < -0.39 is 15.9 Å². The Kier molecular flexibility index (Phi) is 3.73. The molecule has 1 aromatic rings. The van der Waals surface area contributed by atoms with Gasteiger partial charge in [0, 0.05) is 16.9 Å². The molecule has 1 aromatic carbocycles. The molecular weight excluding hydrogens is 274 g/mol. The monoisotopic (exact) mass is 285 g/mol. The topological polar surface area (TPSA) is 63.2 Å². The van der Waals surface area contributed by atoms with Crippen LogP contribution in [0.4, 0.5) is 0 Å². The van der Waals surface area contributed by atoms with Crippen LogP contribution in [-0.4, -0.2) is 26.1 Å². The molecule has 18 heavy (non-hydrogen) atoms. The van der Waals surface area contributed by atoms with E-state index in [1.165, 1.54) is 6.08 Å². The molecule has 0 aliphatic carbocycles. The number of nitrogens with one attached hydrogen (secondary N) is 1. The van der Waals surface area contributed by atoms with Gasteiger partial charge < -0.3 is 5.32 Å². The van der Waals surface area contributed by atoms with Crippen LogP contribution < -0.4 is 5.32 Å². The van der Waals surface area contributed by atoms with Crippen molar-refractivity contribution < 1.29 is 13.2 Å². The molecule has 0 saturated heterocycles. The Morgan fingerprint density at radius 3 is 2.83 bits per heavy atom. The summed E-state index contributed by atoms with van der Waals surface area (Å²) in [6.45, 7) is 0. The van der Waals surface area contributed by atoms with E-state index in [9.17, 15) is 13.2 Å². The van der Waals surface area contributed by atoms with Crippen LogP contribution in [-0.2, 0) is 15.7 Å². The molecule has 0 spiro atoms. The predicted molar refractivity (Wildman–Crippen MR) is 70.2 cm³/mol. The van der Waals surface area contributed by atoms with Crippen LogP contribution in [0.5, 0.6) is 0 Å². The van der Waals surface area contributed by atoms with Gasteiger partial charge in [-0.15, -0.1) is 11.6 Å². The zero-order valence-electron chi connectivity index (χ0n) is 9.47. The van der Waals surface area contributed by atoms with Gasteiger partial charge in [-0.25, -0.2) is 8.42 Å². The number of carbonyl (C=O) groups is 1. The third-order valence-corrected chi connectivity index (χ3v) is 4.29. The van der Waals surface area contributed by atoms with Crippen LogP contribution in [0.3, 0.4) is 0 Å². The zero-order valence-corrected chi connectivity index (χ0v) is 11.0. The fourth-order valence-corrected chi connectivity index (χ4v) is 3.11. The largest absolute Gasteiger partial charge is 0.345 e. The summed E-state index contributed by atoms with van der Waals surface area (Å²) in [4.78, 5) is 11.9. The first-order valence-corrected chi connectivity index (χ1v) is 7.62. The lowest BCUT2D eigenvalue weighted by Gasteiger charge is -2.10. The number of amides is 1. The standard InChI is InChI=1S/C12H12ClNO3S/c13-7-9-2-1-3-10(6-9)12(15)14-11-4-5-18(16,17)8-11/h1-6,11H,7-8H2,(H,14,15). The van der Waals surface area contributed by atoms with Gasteiger partial charge in [0.15, 0.2) is 9.84 Å². The quantitative estimate of drug-likeness (QED) is 0.856. The number of hydrogen-bond acceptors (Lipinski definition) is 3. The number of halogens is 1.